The van der Waals surface area contributed by atoms with Crippen molar-refractivity contribution in [3.63, 3.8) is 0 Å². The molecule has 1 aromatic carbocycles. The van der Waals surface area contributed by atoms with E-state index in [-0.39, 0.29) is 12.4 Å². The number of rotatable bonds is 4. The number of hydrogen-bond acceptors (Lipinski definition) is 3. The fourth-order valence-corrected chi connectivity index (χ4v) is 1.38. The Morgan fingerprint density at radius 3 is 2.59 bits per heavy atom. The molecule has 17 heavy (non-hydrogen) atoms. The van der Waals surface area contributed by atoms with Gasteiger partial charge in [0.15, 0.2) is 0 Å². The SMILES string of the molecule is CCn1cc(COc2ccc(N)cc2)cn1.Cl. The van der Waals surface area contributed by atoms with Crippen molar-refractivity contribution in [2.45, 2.75) is 20.1 Å². The molecule has 0 aliphatic rings. The van der Waals surface area contributed by atoms with Gasteiger partial charge in [-0.15, -0.1) is 12.4 Å². The average Bonchev–Trinajstić information content (AvgIpc) is 2.76. The molecule has 0 fully saturated rings. The summed E-state index contributed by atoms with van der Waals surface area (Å²) in [6.07, 6.45) is 3.80. The van der Waals surface area contributed by atoms with Crippen molar-refractivity contribution >= 4 is 18.1 Å². The first-order valence-corrected chi connectivity index (χ1v) is 5.27. The van der Waals surface area contributed by atoms with Crippen LogP contribution in [-0.2, 0) is 13.2 Å². The molecular weight excluding hydrogens is 238 g/mol. The van der Waals surface area contributed by atoms with E-state index < -0.39 is 0 Å². The van der Waals surface area contributed by atoms with Gasteiger partial charge in [0.1, 0.15) is 12.4 Å². The molecule has 0 saturated carbocycles. The third-order valence-corrected chi connectivity index (χ3v) is 2.30. The number of anilines is 1. The average molecular weight is 254 g/mol. The van der Waals surface area contributed by atoms with Crippen LogP contribution in [0.25, 0.3) is 0 Å². The Morgan fingerprint density at radius 2 is 2.00 bits per heavy atom. The molecule has 1 aromatic heterocycles. The second-order valence-corrected chi connectivity index (χ2v) is 3.56. The fourth-order valence-electron chi connectivity index (χ4n) is 1.38. The molecule has 2 rings (SSSR count). The van der Waals surface area contributed by atoms with Crippen LogP contribution in [-0.4, -0.2) is 9.78 Å². The van der Waals surface area contributed by atoms with Crippen LogP contribution >= 0.6 is 12.4 Å². The first-order valence-electron chi connectivity index (χ1n) is 5.27. The van der Waals surface area contributed by atoms with Crippen LogP contribution in [0.1, 0.15) is 12.5 Å². The zero-order valence-corrected chi connectivity index (χ0v) is 10.5. The van der Waals surface area contributed by atoms with Crippen LogP contribution in [0.5, 0.6) is 5.75 Å². The Bertz CT molecular complexity index is 453. The van der Waals surface area contributed by atoms with Crippen LogP contribution in [0, 0.1) is 0 Å². The van der Waals surface area contributed by atoms with Gasteiger partial charge in [0.05, 0.1) is 6.20 Å². The summed E-state index contributed by atoms with van der Waals surface area (Å²) in [7, 11) is 0. The number of nitrogens with zero attached hydrogens (tertiary/aromatic N) is 2. The van der Waals surface area contributed by atoms with E-state index >= 15 is 0 Å². The summed E-state index contributed by atoms with van der Waals surface area (Å²) in [5.41, 5.74) is 7.40. The van der Waals surface area contributed by atoms with Crippen molar-refractivity contribution < 1.29 is 4.74 Å². The van der Waals surface area contributed by atoms with Gasteiger partial charge in [0.25, 0.3) is 0 Å². The molecule has 0 radical (unpaired) electrons. The summed E-state index contributed by atoms with van der Waals surface area (Å²) >= 11 is 0. The molecule has 2 N–H and O–H groups in total. The van der Waals surface area contributed by atoms with Gasteiger partial charge in [0.2, 0.25) is 0 Å². The Kier molecular flexibility index (Phi) is 4.84. The lowest BCUT2D eigenvalue weighted by molar-refractivity contribution is 0.306. The van der Waals surface area contributed by atoms with E-state index in [0.717, 1.165) is 23.5 Å². The third kappa shape index (κ3) is 3.67. The van der Waals surface area contributed by atoms with Gasteiger partial charge in [-0.25, -0.2) is 0 Å². The largest absolute Gasteiger partial charge is 0.489 e. The summed E-state index contributed by atoms with van der Waals surface area (Å²) in [6.45, 7) is 3.46. The second kappa shape index (κ2) is 6.15. The van der Waals surface area contributed by atoms with E-state index in [1.165, 1.54) is 0 Å². The van der Waals surface area contributed by atoms with Crippen molar-refractivity contribution in [2.24, 2.45) is 0 Å². The van der Waals surface area contributed by atoms with Crippen molar-refractivity contribution in [3.05, 3.63) is 42.2 Å². The Morgan fingerprint density at radius 1 is 1.29 bits per heavy atom. The van der Waals surface area contributed by atoms with Gasteiger partial charge < -0.3 is 10.5 Å². The third-order valence-electron chi connectivity index (χ3n) is 2.30. The quantitative estimate of drug-likeness (QED) is 0.852. The molecule has 92 valence electrons. The Balaban J connectivity index is 0.00000144. The van der Waals surface area contributed by atoms with Crippen LogP contribution in [0.15, 0.2) is 36.7 Å². The first-order chi connectivity index (χ1) is 7.78. The van der Waals surface area contributed by atoms with Crippen molar-refractivity contribution in [1.29, 1.82) is 0 Å². The molecule has 1 heterocycles. The van der Waals surface area contributed by atoms with Crippen LogP contribution in [0.3, 0.4) is 0 Å². The lowest BCUT2D eigenvalue weighted by Gasteiger charge is -2.04. The molecule has 0 aliphatic carbocycles. The van der Waals surface area contributed by atoms with Crippen LogP contribution < -0.4 is 10.5 Å². The van der Waals surface area contributed by atoms with Crippen molar-refractivity contribution in [1.82, 2.24) is 9.78 Å². The van der Waals surface area contributed by atoms with Gasteiger partial charge in [-0.3, -0.25) is 4.68 Å². The van der Waals surface area contributed by atoms with E-state index in [1.807, 2.05) is 41.3 Å². The number of nitrogen functional groups attached to an aromatic ring is 1. The maximum atomic E-state index is 5.60. The molecule has 2 aromatic rings. The van der Waals surface area contributed by atoms with E-state index in [2.05, 4.69) is 12.0 Å². The first kappa shape index (κ1) is 13.4. The number of benzene rings is 1. The highest BCUT2D eigenvalue weighted by molar-refractivity contribution is 5.85. The minimum absolute atomic E-state index is 0. The Labute approximate surface area is 107 Å². The van der Waals surface area contributed by atoms with Gasteiger partial charge in [0, 0.05) is 24.0 Å². The summed E-state index contributed by atoms with van der Waals surface area (Å²) in [5.74, 6) is 0.818. The maximum absolute atomic E-state index is 5.60. The minimum atomic E-state index is 0. The van der Waals surface area contributed by atoms with E-state index in [1.54, 1.807) is 0 Å². The molecule has 5 heteroatoms. The summed E-state index contributed by atoms with van der Waals surface area (Å²) in [6, 6.07) is 7.37. The molecular formula is C12H16ClN3O. The van der Waals surface area contributed by atoms with E-state index in [0.29, 0.717) is 6.61 Å². The molecule has 0 atom stereocenters. The number of hydrogen-bond donors (Lipinski definition) is 1. The van der Waals surface area contributed by atoms with Crippen molar-refractivity contribution in [3.8, 4) is 5.75 Å². The summed E-state index contributed by atoms with van der Waals surface area (Å²) in [4.78, 5) is 0. The van der Waals surface area contributed by atoms with E-state index in [9.17, 15) is 0 Å². The molecule has 4 nitrogen and oxygen atoms in total. The molecule has 0 spiro atoms. The minimum Gasteiger partial charge on any atom is -0.489 e. The molecule has 0 amide bonds. The van der Waals surface area contributed by atoms with Gasteiger partial charge in [-0.05, 0) is 31.2 Å². The summed E-state index contributed by atoms with van der Waals surface area (Å²) in [5, 5.41) is 4.18. The number of ether oxygens (including phenoxy) is 1. The van der Waals surface area contributed by atoms with Crippen LogP contribution in [0.4, 0.5) is 5.69 Å². The van der Waals surface area contributed by atoms with E-state index in [4.69, 9.17) is 10.5 Å². The molecule has 0 saturated heterocycles. The number of halogens is 1. The lowest BCUT2D eigenvalue weighted by Crippen LogP contribution is -1.95. The number of aryl methyl sites for hydroxylation is 1. The highest BCUT2D eigenvalue weighted by Gasteiger charge is 1.98. The monoisotopic (exact) mass is 253 g/mol. The van der Waals surface area contributed by atoms with Gasteiger partial charge in [-0.2, -0.15) is 5.10 Å². The Hall–Kier alpha value is -1.68. The maximum Gasteiger partial charge on any atom is 0.119 e. The predicted octanol–water partition coefficient (Wildman–Crippen LogP) is 2.49. The zero-order chi connectivity index (χ0) is 11.4. The van der Waals surface area contributed by atoms with Gasteiger partial charge in [-0.1, -0.05) is 0 Å². The van der Waals surface area contributed by atoms with Gasteiger partial charge >= 0.3 is 0 Å². The molecule has 0 unspecified atom stereocenters. The number of nitrogens with two attached hydrogens (primary N) is 1. The fraction of sp³-hybridized carbons (Fsp3) is 0.250. The highest BCUT2D eigenvalue weighted by atomic mass is 35.5. The normalized spacial score (nSPS) is 9.71. The molecule has 0 aliphatic heterocycles. The highest BCUT2D eigenvalue weighted by Crippen LogP contribution is 2.14. The predicted molar refractivity (Wildman–Crippen MR) is 70.3 cm³/mol. The van der Waals surface area contributed by atoms with Crippen LogP contribution in [0.2, 0.25) is 0 Å². The summed E-state index contributed by atoms with van der Waals surface area (Å²) < 4.78 is 7.47. The standard InChI is InChI=1S/C12H15N3O.ClH/c1-2-15-8-10(7-14-15)9-16-12-5-3-11(13)4-6-12;/h3-8H,2,9,13H2,1H3;1H. The smallest absolute Gasteiger partial charge is 0.119 e. The number of aromatic nitrogens is 2. The second-order valence-electron chi connectivity index (χ2n) is 3.56. The van der Waals surface area contributed by atoms with Crippen molar-refractivity contribution in [2.75, 3.05) is 5.73 Å². The lowest BCUT2D eigenvalue weighted by atomic mass is 10.3. The molecule has 0 bridgehead atoms. The zero-order valence-electron chi connectivity index (χ0n) is 9.67. The topological polar surface area (TPSA) is 53.1 Å².